The van der Waals surface area contributed by atoms with E-state index in [0.29, 0.717) is 0 Å². The van der Waals surface area contributed by atoms with Crippen LogP contribution in [0.4, 0.5) is 0 Å². The molecule has 0 spiro atoms. The van der Waals surface area contributed by atoms with Gasteiger partial charge in [-0.05, 0) is 72.2 Å². The maximum atomic E-state index is 5.21. The Morgan fingerprint density at radius 2 is 0.867 bits per heavy atom. The second-order valence-electron chi connectivity index (χ2n) is 7.22. The zero-order valence-electron chi connectivity index (χ0n) is 17.9. The third-order valence-corrected chi connectivity index (χ3v) is 5.15. The SMILES string of the molecule is COc1ccc(C/C=C/Cc2ccccc2C/C=C/Cc2ccc(OC)cc2)cc1. The molecule has 0 saturated heterocycles. The van der Waals surface area contributed by atoms with E-state index in [4.69, 9.17) is 9.47 Å². The van der Waals surface area contributed by atoms with Crippen LogP contribution in [0, 0.1) is 0 Å². The number of methoxy groups -OCH3 is 2. The van der Waals surface area contributed by atoms with Gasteiger partial charge < -0.3 is 9.47 Å². The molecule has 3 rings (SSSR count). The van der Waals surface area contributed by atoms with E-state index in [1.807, 2.05) is 24.3 Å². The molecule has 0 fully saturated rings. The molecule has 0 aliphatic rings. The van der Waals surface area contributed by atoms with Gasteiger partial charge in [0.1, 0.15) is 11.5 Å². The Kier molecular flexibility index (Phi) is 8.34. The largest absolute Gasteiger partial charge is 0.497 e. The van der Waals surface area contributed by atoms with Crippen molar-refractivity contribution in [2.45, 2.75) is 25.7 Å². The van der Waals surface area contributed by atoms with Crippen LogP contribution in [-0.4, -0.2) is 14.2 Å². The Bertz CT molecular complexity index is 870. The molecule has 154 valence electrons. The third kappa shape index (κ3) is 6.66. The van der Waals surface area contributed by atoms with Crippen molar-refractivity contribution >= 4 is 0 Å². The van der Waals surface area contributed by atoms with Crippen molar-refractivity contribution in [1.82, 2.24) is 0 Å². The predicted octanol–water partition coefficient (Wildman–Crippen LogP) is 6.39. The lowest BCUT2D eigenvalue weighted by molar-refractivity contribution is 0.414. The van der Waals surface area contributed by atoms with Crippen LogP contribution in [-0.2, 0) is 25.7 Å². The van der Waals surface area contributed by atoms with E-state index in [1.54, 1.807) is 14.2 Å². The average molecular weight is 399 g/mol. The summed E-state index contributed by atoms with van der Waals surface area (Å²) in [5, 5.41) is 0. The van der Waals surface area contributed by atoms with Gasteiger partial charge in [0.2, 0.25) is 0 Å². The molecule has 0 amide bonds. The van der Waals surface area contributed by atoms with Gasteiger partial charge >= 0.3 is 0 Å². The van der Waals surface area contributed by atoms with Crippen LogP contribution in [0.5, 0.6) is 11.5 Å². The minimum atomic E-state index is 0.900. The summed E-state index contributed by atoms with van der Waals surface area (Å²) in [5.74, 6) is 1.80. The van der Waals surface area contributed by atoms with Crippen LogP contribution >= 0.6 is 0 Å². The van der Waals surface area contributed by atoms with Crippen molar-refractivity contribution in [3.8, 4) is 11.5 Å². The molecule has 0 saturated carbocycles. The second kappa shape index (κ2) is 11.7. The Morgan fingerprint density at radius 3 is 1.23 bits per heavy atom. The lowest BCUT2D eigenvalue weighted by Crippen LogP contribution is -1.92. The van der Waals surface area contributed by atoms with Crippen molar-refractivity contribution in [3.05, 3.63) is 119 Å². The highest BCUT2D eigenvalue weighted by Crippen LogP contribution is 2.15. The van der Waals surface area contributed by atoms with Gasteiger partial charge in [-0.2, -0.15) is 0 Å². The standard InChI is InChI=1S/C28H30O2/c1-29-27-19-15-23(16-20-27)9-3-5-11-25-13-7-8-14-26(25)12-6-4-10-24-17-21-28(30-2)22-18-24/h3-8,13-22H,9-12H2,1-2H3/b5-3+,6-4+. The molecule has 0 radical (unpaired) electrons. The molecule has 0 aliphatic heterocycles. The molecule has 2 nitrogen and oxygen atoms in total. The van der Waals surface area contributed by atoms with Crippen molar-refractivity contribution in [3.63, 3.8) is 0 Å². The minimum absolute atomic E-state index is 0.900. The van der Waals surface area contributed by atoms with E-state index >= 15 is 0 Å². The fourth-order valence-corrected chi connectivity index (χ4v) is 3.34. The number of allylic oxidation sites excluding steroid dienone is 4. The number of ether oxygens (including phenoxy) is 2. The van der Waals surface area contributed by atoms with Crippen LogP contribution < -0.4 is 9.47 Å². The summed E-state index contributed by atoms with van der Waals surface area (Å²) in [6.07, 6.45) is 12.8. The normalized spacial score (nSPS) is 11.3. The predicted molar refractivity (Wildman–Crippen MR) is 126 cm³/mol. The fourth-order valence-electron chi connectivity index (χ4n) is 3.34. The van der Waals surface area contributed by atoms with E-state index < -0.39 is 0 Å². The lowest BCUT2D eigenvalue weighted by Gasteiger charge is -2.05. The molecule has 0 aliphatic carbocycles. The molecule has 3 aromatic carbocycles. The number of rotatable bonds is 10. The molecule has 0 bridgehead atoms. The number of benzene rings is 3. The molecule has 0 aromatic heterocycles. The van der Waals surface area contributed by atoms with Gasteiger partial charge in [0, 0.05) is 0 Å². The smallest absolute Gasteiger partial charge is 0.118 e. The van der Waals surface area contributed by atoms with Gasteiger partial charge in [0.15, 0.2) is 0 Å². The molecule has 30 heavy (non-hydrogen) atoms. The van der Waals surface area contributed by atoms with Crippen LogP contribution in [0.15, 0.2) is 97.1 Å². The molecule has 2 heteroatoms. The maximum Gasteiger partial charge on any atom is 0.118 e. The van der Waals surface area contributed by atoms with Crippen molar-refractivity contribution < 1.29 is 9.47 Å². The summed E-state index contributed by atoms with van der Waals surface area (Å²) < 4.78 is 10.4. The van der Waals surface area contributed by atoms with Crippen LogP contribution in [0.1, 0.15) is 22.3 Å². The number of hydrogen-bond donors (Lipinski definition) is 0. The van der Waals surface area contributed by atoms with Crippen molar-refractivity contribution in [2.24, 2.45) is 0 Å². The molecule has 0 N–H and O–H groups in total. The van der Waals surface area contributed by atoms with Gasteiger partial charge in [-0.25, -0.2) is 0 Å². The van der Waals surface area contributed by atoms with Gasteiger partial charge in [-0.3, -0.25) is 0 Å². The summed E-state index contributed by atoms with van der Waals surface area (Å²) in [6.45, 7) is 0. The number of hydrogen-bond acceptors (Lipinski definition) is 2. The summed E-state index contributed by atoms with van der Waals surface area (Å²) >= 11 is 0. The Balaban J connectivity index is 1.50. The summed E-state index contributed by atoms with van der Waals surface area (Å²) in [5.41, 5.74) is 5.36. The molecular weight excluding hydrogens is 368 g/mol. The quantitative estimate of drug-likeness (QED) is 0.369. The van der Waals surface area contributed by atoms with Gasteiger partial charge in [0.25, 0.3) is 0 Å². The first-order valence-corrected chi connectivity index (χ1v) is 10.4. The Morgan fingerprint density at radius 1 is 0.500 bits per heavy atom. The molecule has 0 heterocycles. The van der Waals surface area contributed by atoms with Crippen molar-refractivity contribution in [2.75, 3.05) is 14.2 Å². The van der Waals surface area contributed by atoms with Crippen LogP contribution in [0.2, 0.25) is 0 Å². The van der Waals surface area contributed by atoms with Crippen LogP contribution in [0.3, 0.4) is 0 Å². The summed E-state index contributed by atoms with van der Waals surface area (Å²) in [6, 6.07) is 25.2. The van der Waals surface area contributed by atoms with Gasteiger partial charge in [-0.15, -0.1) is 0 Å². The van der Waals surface area contributed by atoms with Gasteiger partial charge in [0.05, 0.1) is 14.2 Å². The van der Waals surface area contributed by atoms with E-state index in [-0.39, 0.29) is 0 Å². The third-order valence-electron chi connectivity index (χ3n) is 5.15. The molecular formula is C28H30O2. The first-order chi connectivity index (χ1) is 14.8. The Labute approximate surface area is 180 Å². The first kappa shape index (κ1) is 21.4. The van der Waals surface area contributed by atoms with E-state index in [0.717, 1.165) is 37.2 Å². The monoisotopic (exact) mass is 398 g/mol. The molecule has 3 aromatic rings. The maximum absolute atomic E-state index is 5.21. The Hall–Kier alpha value is -3.26. The van der Waals surface area contributed by atoms with E-state index in [9.17, 15) is 0 Å². The molecule has 0 atom stereocenters. The van der Waals surface area contributed by atoms with E-state index in [2.05, 4.69) is 72.8 Å². The van der Waals surface area contributed by atoms with Gasteiger partial charge in [-0.1, -0.05) is 72.8 Å². The fraction of sp³-hybridized carbons (Fsp3) is 0.214. The first-order valence-electron chi connectivity index (χ1n) is 10.4. The second-order valence-corrected chi connectivity index (χ2v) is 7.22. The van der Waals surface area contributed by atoms with E-state index in [1.165, 1.54) is 22.3 Å². The highest BCUT2D eigenvalue weighted by atomic mass is 16.5. The van der Waals surface area contributed by atoms with Crippen molar-refractivity contribution in [1.29, 1.82) is 0 Å². The average Bonchev–Trinajstić information content (AvgIpc) is 2.81. The highest BCUT2D eigenvalue weighted by molar-refractivity contribution is 5.32. The molecule has 0 unspecified atom stereocenters. The zero-order chi connectivity index (χ0) is 21.0. The topological polar surface area (TPSA) is 18.5 Å². The summed E-state index contributed by atoms with van der Waals surface area (Å²) in [4.78, 5) is 0. The lowest BCUT2D eigenvalue weighted by atomic mass is 10.0. The zero-order valence-corrected chi connectivity index (χ0v) is 17.9. The minimum Gasteiger partial charge on any atom is -0.497 e. The summed E-state index contributed by atoms with van der Waals surface area (Å²) in [7, 11) is 3.39. The highest BCUT2D eigenvalue weighted by Gasteiger charge is 1.99. The van der Waals surface area contributed by atoms with Crippen LogP contribution in [0.25, 0.3) is 0 Å².